The summed E-state index contributed by atoms with van der Waals surface area (Å²) in [7, 11) is 0. The Balaban J connectivity index is 1.60. The van der Waals surface area contributed by atoms with Crippen molar-refractivity contribution in [1.29, 1.82) is 0 Å². The number of ether oxygens (including phenoxy) is 1. The van der Waals surface area contributed by atoms with Crippen LogP contribution in [-0.4, -0.2) is 36.6 Å². The predicted octanol–water partition coefficient (Wildman–Crippen LogP) is 3.48. The number of nitrogens with one attached hydrogen (secondary N) is 1. The molecule has 0 saturated heterocycles. The number of hydrogen-bond acceptors (Lipinski definition) is 4. The number of rotatable bonds is 7. The van der Waals surface area contributed by atoms with Crippen LogP contribution in [0, 0.1) is 0 Å². The number of fused-ring (bicyclic) bond motifs is 1. The van der Waals surface area contributed by atoms with E-state index in [4.69, 9.17) is 4.74 Å². The van der Waals surface area contributed by atoms with Crippen LogP contribution in [-0.2, 0) is 22.5 Å². The smallest absolute Gasteiger partial charge is 0.328 e. The predicted molar refractivity (Wildman–Crippen MR) is 101 cm³/mol. The molecule has 0 saturated carbocycles. The van der Waals surface area contributed by atoms with Crippen LogP contribution in [0.4, 0.5) is 5.69 Å². The Kier molecular flexibility index (Phi) is 6.07. The summed E-state index contributed by atoms with van der Waals surface area (Å²) in [6.45, 7) is 5.12. The van der Waals surface area contributed by atoms with Gasteiger partial charge in [-0.3, -0.25) is 4.90 Å². The van der Waals surface area contributed by atoms with E-state index in [0.717, 1.165) is 38.2 Å². The van der Waals surface area contributed by atoms with Crippen molar-refractivity contribution in [3.05, 3.63) is 65.7 Å². The number of esters is 1. The molecule has 132 valence electrons. The number of anilines is 1. The van der Waals surface area contributed by atoms with Crippen LogP contribution in [0.5, 0.6) is 0 Å². The summed E-state index contributed by atoms with van der Waals surface area (Å²) < 4.78 is 5.25. The molecule has 0 bridgehead atoms. The van der Waals surface area contributed by atoms with E-state index >= 15 is 0 Å². The fourth-order valence-corrected chi connectivity index (χ4v) is 3.28. The van der Waals surface area contributed by atoms with Gasteiger partial charge >= 0.3 is 5.97 Å². The third-order valence-electron chi connectivity index (χ3n) is 4.63. The Hall–Kier alpha value is -2.33. The first-order valence-electron chi connectivity index (χ1n) is 9.03. The van der Waals surface area contributed by atoms with Crippen molar-refractivity contribution in [1.82, 2.24) is 4.90 Å². The van der Waals surface area contributed by atoms with Gasteiger partial charge in [-0.15, -0.1) is 0 Å². The van der Waals surface area contributed by atoms with E-state index in [0.29, 0.717) is 6.61 Å². The third-order valence-corrected chi connectivity index (χ3v) is 4.63. The molecule has 0 aromatic heterocycles. The number of carbonyl (C=O) groups excluding carboxylic acids is 1. The molecule has 3 rings (SSSR count). The van der Waals surface area contributed by atoms with E-state index < -0.39 is 0 Å². The van der Waals surface area contributed by atoms with Crippen molar-refractivity contribution in [2.45, 2.75) is 32.4 Å². The van der Waals surface area contributed by atoms with Gasteiger partial charge < -0.3 is 10.1 Å². The van der Waals surface area contributed by atoms with Crippen LogP contribution in [0.15, 0.2) is 54.6 Å². The Morgan fingerprint density at radius 2 is 1.84 bits per heavy atom. The van der Waals surface area contributed by atoms with Crippen LogP contribution < -0.4 is 5.32 Å². The third kappa shape index (κ3) is 4.83. The van der Waals surface area contributed by atoms with Crippen molar-refractivity contribution in [3.8, 4) is 0 Å². The lowest BCUT2D eigenvalue weighted by Gasteiger charge is -2.30. The summed E-state index contributed by atoms with van der Waals surface area (Å²) >= 11 is 0. The quantitative estimate of drug-likeness (QED) is 0.785. The molecule has 1 unspecified atom stereocenters. The van der Waals surface area contributed by atoms with Crippen molar-refractivity contribution in [3.63, 3.8) is 0 Å². The zero-order valence-electron chi connectivity index (χ0n) is 14.8. The normalized spacial score (nSPS) is 15.2. The van der Waals surface area contributed by atoms with Gasteiger partial charge in [-0.05, 0) is 43.0 Å². The highest BCUT2D eigenvalue weighted by Crippen LogP contribution is 2.19. The Morgan fingerprint density at radius 1 is 1.12 bits per heavy atom. The Bertz CT molecular complexity index is 687. The second kappa shape index (κ2) is 8.67. The molecule has 0 amide bonds. The molecule has 25 heavy (non-hydrogen) atoms. The van der Waals surface area contributed by atoms with E-state index in [-0.39, 0.29) is 12.0 Å². The lowest BCUT2D eigenvalue weighted by atomic mass is 9.99. The van der Waals surface area contributed by atoms with Gasteiger partial charge in [-0.1, -0.05) is 42.5 Å². The van der Waals surface area contributed by atoms with Crippen molar-refractivity contribution < 1.29 is 9.53 Å². The van der Waals surface area contributed by atoms with Crippen LogP contribution in [0.2, 0.25) is 0 Å². The number of nitrogens with zero attached hydrogens (tertiary/aromatic N) is 1. The van der Waals surface area contributed by atoms with E-state index in [1.807, 2.05) is 37.3 Å². The maximum Gasteiger partial charge on any atom is 0.328 e. The molecule has 4 nitrogen and oxygen atoms in total. The first kappa shape index (κ1) is 17.5. The van der Waals surface area contributed by atoms with Gasteiger partial charge in [0.1, 0.15) is 6.04 Å². The lowest BCUT2D eigenvalue weighted by molar-refractivity contribution is -0.144. The topological polar surface area (TPSA) is 41.6 Å². The molecule has 0 spiro atoms. The molecule has 2 aromatic rings. The zero-order valence-corrected chi connectivity index (χ0v) is 14.8. The fraction of sp³-hybridized carbons (Fsp3) is 0.381. The molecule has 1 aliphatic heterocycles. The molecule has 4 heteroatoms. The summed E-state index contributed by atoms with van der Waals surface area (Å²) in [4.78, 5) is 14.7. The van der Waals surface area contributed by atoms with Crippen LogP contribution in [0.25, 0.3) is 0 Å². The number of benzene rings is 2. The minimum atomic E-state index is -0.320. The molecular formula is C21H26N2O2. The van der Waals surface area contributed by atoms with Crippen molar-refractivity contribution in [2.24, 2.45) is 0 Å². The highest BCUT2D eigenvalue weighted by molar-refractivity contribution is 5.79. The fourth-order valence-electron chi connectivity index (χ4n) is 3.28. The summed E-state index contributed by atoms with van der Waals surface area (Å²) in [5.41, 5.74) is 3.80. The Labute approximate surface area is 149 Å². The SMILES string of the molecule is CCOC(=O)C(CCN1CCc2ccccc2C1)Nc1ccccc1. The van der Waals surface area contributed by atoms with Gasteiger partial charge in [0.05, 0.1) is 6.61 Å². The second-order valence-electron chi connectivity index (χ2n) is 6.40. The van der Waals surface area contributed by atoms with Gasteiger partial charge in [0, 0.05) is 25.3 Å². The minimum Gasteiger partial charge on any atom is -0.464 e. The Morgan fingerprint density at radius 3 is 2.60 bits per heavy atom. The van der Waals surface area contributed by atoms with Gasteiger partial charge in [-0.25, -0.2) is 4.79 Å². The van der Waals surface area contributed by atoms with Crippen molar-refractivity contribution in [2.75, 3.05) is 25.0 Å². The molecule has 1 heterocycles. The maximum atomic E-state index is 12.3. The second-order valence-corrected chi connectivity index (χ2v) is 6.40. The van der Waals surface area contributed by atoms with Crippen LogP contribution in [0.3, 0.4) is 0 Å². The maximum absolute atomic E-state index is 12.3. The van der Waals surface area contributed by atoms with Crippen molar-refractivity contribution >= 4 is 11.7 Å². The molecule has 0 radical (unpaired) electrons. The summed E-state index contributed by atoms with van der Waals surface area (Å²) in [6, 6.07) is 18.1. The largest absolute Gasteiger partial charge is 0.464 e. The first-order valence-corrected chi connectivity index (χ1v) is 9.03. The molecule has 1 atom stereocenters. The summed E-state index contributed by atoms with van der Waals surface area (Å²) in [5, 5.41) is 3.32. The first-order chi connectivity index (χ1) is 12.3. The summed E-state index contributed by atoms with van der Waals surface area (Å²) in [5.74, 6) is -0.177. The van der Waals surface area contributed by atoms with Gasteiger partial charge in [-0.2, -0.15) is 0 Å². The highest BCUT2D eigenvalue weighted by Gasteiger charge is 2.22. The lowest BCUT2D eigenvalue weighted by Crippen LogP contribution is -2.38. The van der Waals surface area contributed by atoms with Gasteiger partial charge in [0.2, 0.25) is 0 Å². The number of hydrogen-bond donors (Lipinski definition) is 1. The summed E-state index contributed by atoms with van der Waals surface area (Å²) in [6.07, 6.45) is 1.81. The molecule has 1 N–H and O–H groups in total. The molecule has 1 aliphatic rings. The standard InChI is InChI=1S/C21H26N2O2/c1-2-25-21(24)20(22-19-10-4-3-5-11-19)13-15-23-14-12-17-8-6-7-9-18(17)16-23/h3-11,20,22H,2,12-16H2,1H3. The van der Waals surface area contributed by atoms with Crippen LogP contribution >= 0.6 is 0 Å². The average Bonchev–Trinajstić information content (AvgIpc) is 2.66. The number of carbonyl (C=O) groups is 1. The van der Waals surface area contributed by atoms with Crippen LogP contribution in [0.1, 0.15) is 24.5 Å². The molecule has 0 fully saturated rings. The monoisotopic (exact) mass is 338 g/mol. The highest BCUT2D eigenvalue weighted by atomic mass is 16.5. The average molecular weight is 338 g/mol. The minimum absolute atomic E-state index is 0.177. The molecule has 2 aromatic carbocycles. The van der Waals surface area contributed by atoms with E-state index in [1.165, 1.54) is 11.1 Å². The van der Waals surface area contributed by atoms with E-state index in [1.54, 1.807) is 0 Å². The van der Waals surface area contributed by atoms with E-state index in [2.05, 4.69) is 34.5 Å². The molecular weight excluding hydrogens is 312 g/mol. The molecule has 0 aliphatic carbocycles. The zero-order chi connectivity index (χ0) is 17.5. The van der Waals surface area contributed by atoms with Gasteiger partial charge in [0.25, 0.3) is 0 Å². The number of para-hydroxylation sites is 1. The van der Waals surface area contributed by atoms with Gasteiger partial charge in [0.15, 0.2) is 0 Å². The van der Waals surface area contributed by atoms with E-state index in [9.17, 15) is 4.79 Å².